The molecule has 0 saturated carbocycles. The molecule has 18 heavy (non-hydrogen) atoms. The minimum atomic E-state index is -0.118. The summed E-state index contributed by atoms with van der Waals surface area (Å²) >= 11 is 0. The van der Waals surface area contributed by atoms with Gasteiger partial charge in [-0.3, -0.25) is 4.90 Å². The molecule has 2 unspecified atom stereocenters. The summed E-state index contributed by atoms with van der Waals surface area (Å²) in [6.07, 6.45) is 0.839. The summed E-state index contributed by atoms with van der Waals surface area (Å²) in [4.78, 5) is 2.33. The van der Waals surface area contributed by atoms with Crippen LogP contribution in [0.4, 0.5) is 4.39 Å². The van der Waals surface area contributed by atoms with Gasteiger partial charge in [-0.2, -0.15) is 0 Å². The smallest absolute Gasteiger partial charge is 0.126 e. The van der Waals surface area contributed by atoms with E-state index in [0.29, 0.717) is 19.2 Å². The van der Waals surface area contributed by atoms with Gasteiger partial charge in [0.2, 0.25) is 0 Å². The van der Waals surface area contributed by atoms with Gasteiger partial charge in [-0.05, 0) is 25.0 Å². The van der Waals surface area contributed by atoms with Crippen LogP contribution >= 0.6 is 0 Å². The van der Waals surface area contributed by atoms with Gasteiger partial charge in [0.1, 0.15) is 5.82 Å². The predicted octanol–water partition coefficient (Wildman–Crippen LogP) is 1.42. The molecule has 2 rings (SSSR count). The van der Waals surface area contributed by atoms with Crippen LogP contribution < -0.4 is 5.73 Å². The molecule has 0 amide bonds. The summed E-state index contributed by atoms with van der Waals surface area (Å²) < 4.78 is 19.1. The Morgan fingerprint density at radius 1 is 1.50 bits per heavy atom. The quantitative estimate of drug-likeness (QED) is 0.880. The number of ether oxygens (including phenoxy) is 1. The van der Waals surface area contributed by atoms with E-state index in [-0.39, 0.29) is 11.9 Å². The van der Waals surface area contributed by atoms with Crippen LogP contribution in [0.1, 0.15) is 12.5 Å². The first-order chi connectivity index (χ1) is 8.70. The van der Waals surface area contributed by atoms with Crippen molar-refractivity contribution in [2.24, 2.45) is 5.73 Å². The van der Waals surface area contributed by atoms with Crippen LogP contribution in [0.5, 0.6) is 0 Å². The molecular formula is C14H21FN2O. The summed E-state index contributed by atoms with van der Waals surface area (Å²) in [5, 5.41) is 0. The maximum atomic E-state index is 13.6. The average Bonchev–Trinajstić information content (AvgIpc) is 2.41. The lowest BCUT2D eigenvalue weighted by Gasteiger charge is -2.36. The molecule has 1 aliphatic rings. The summed E-state index contributed by atoms with van der Waals surface area (Å²) in [5.74, 6) is -0.118. The van der Waals surface area contributed by atoms with Gasteiger partial charge >= 0.3 is 0 Å². The monoisotopic (exact) mass is 252 g/mol. The molecule has 1 fully saturated rings. The highest BCUT2D eigenvalue weighted by Crippen LogP contribution is 2.15. The van der Waals surface area contributed by atoms with Crippen LogP contribution in [0.25, 0.3) is 0 Å². The third kappa shape index (κ3) is 3.28. The molecule has 1 aliphatic heterocycles. The van der Waals surface area contributed by atoms with Gasteiger partial charge in [-0.25, -0.2) is 4.39 Å². The van der Waals surface area contributed by atoms with E-state index in [4.69, 9.17) is 10.5 Å². The van der Waals surface area contributed by atoms with Crippen molar-refractivity contribution in [1.82, 2.24) is 4.90 Å². The van der Waals surface area contributed by atoms with Gasteiger partial charge in [-0.1, -0.05) is 18.2 Å². The van der Waals surface area contributed by atoms with E-state index in [1.807, 2.05) is 12.1 Å². The summed E-state index contributed by atoms with van der Waals surface area (Å²) in [6.45, 7) is 5.12. The van der Waals surface area contributed by atoms with Crippen molar-refractivity contribution in [3.05, 3.63) is 35.6 Å². The van der Waals surface area contributed by atoms with Crippen LogP contribution in [0.3, 0.4) is 0 Å². The minimum absolute atomic E-state index is 0.113. The van der Waals surface area contributed by atoms with Crippen LogP contribution in [0.2, 0.25) is 0 Å². The Labute approximate surface area is 108 Å². The molecule has 4 heteroatoms. The first kappa shape index (κ1) is 13.5. The number of hydrogen-bond acceptors (Lipinski definition) is 3. The lowest BCUT2D eigenvalue weighted by Crippen LogP contribution is -2.49. The number of hydrogen-bond donors (Lipinski definition) is 1. The molecule has 0 aliphatic carbocycles. The second-order valence-electron chi connectivity index (χ2n) is 4.87. The number of rotatable bonds is 4. The molecule has 1 saturated heterocycles. The van der Waals surface area contributed by atoms with Crippen molar-refractivity contribution < 1.29 is 9.13 Å². The van der Waals surface area contributed by atoms with Crippen LogP contribution in [0, 0.1) is 5.82 Å². The largest absolute Gasteiger partial charge is 0.374 e. The fourth-order valence-electron chi connectivity index (χ4n) is 2.40. The fourth-order valence-corrected chi connectivity index (χ4v) is 2.40. The molecule has 100 valence electrons. The average molecular weight is 252 g/mol. The van der Waals surface area contributed by atoms with Crippen LogP contribution in [-0.2, 0) is 11.2 Å². The maximum absolute atomic E-state index is 13.6. The molecule has 2 N–H and O–H groups in total. The van der Waals surface area contributed by atoms with Crippen molar-refractivity contribution in [3.63, 3.8) is 0 Å². The van der Waals surface area contributed by atoms with E-state index < -0.39 is 0 Å². The van der Waals surface area contributed by atoms with Crippen molar-refractivity contribution >= 4 is 0 Å². The standard InChI is InChI=1S/C14H21FN2O/c1-11(8-12-4-2-3-5-14(12)15)17-6-7-18-13(9-16)10-17/h2-5,11,13H,6-10,16H2,1H3. The first-order valence-electron chi connectivity index (χ1n) is 6.50. The van der Waals surface area contributed by atoms with E-state index in [1.54, 1.807) is 6.07 Å². The van der Waals surface area contributed by atoms with E-state index >= 15 is 0 Å². The number of halogens is 1. The second-order valence-corrected chi connectivity index (χ2v) is 4.87. The van der Waals surface area contributed by atoms with E-state index in [1.165, 1.54) is 6.07 Å². The predicted molar refractivity (Wildman–Crippen MR) is 69.9 cm³/mol. The normalized spacial score (nSPS) is 22.9. The molecule has 0 radical (unpaired) electrons. The lowest BCUT2D eigenvalue weighted by molar-refractivity contribution is -0.0358. The Hall–Kier alpha value is -0.970. The third-order valence-electron chi connectivity index (χ3n) is 3.53. The van der Waals surface area contributed by atoms with Crippen molar-refractivity contribution in [1.29, 1.82) is 0 Å². The molecule has 0 aromatic heterocycles. The number of nitrogens with two attached hydrogens (primary N) is 1. The summed E-state index contributed by atoms with van der Waals surface area (Å²) in [5.41, 5.74) is 6.41. The van der Waals surface area contributed by atoms with Gasteiger partial charge in [0, 0.05) is 25.7 Å². The van der Waals surface area contributed by atoms with E-state index in [9.17, 15) is 4.39 Å². The van der Waals surface area contributed by atoms with Gasteiger partial charge in [0.05, 0.1) is 12.7 Å². The fraction of sp³-hybridized carbons (Fsp3) is 0.571. The Kier molecular flexibility index (Phi) is 4.69. The Morgan fingerprint density at radius 2 is 2.28 bits per heavy atom. The van der Waals surface area contributed by atoms with Crippen LogP contribution in [-0.4, -0.2) is 43.3 Å². The summed E-state index contributed by atoms with van der Waals surface area (Å²) in [7, 11) is 0. The van der Waals surface area contributed by atoms with Gasteiger partial charge < -0.3 is 10.5 Å². The second kappa shape index (κ2) is 6.27. The van der Waals surface area contributed by atoms with Crippen molar-refractivity contribution in [2.75, 3.05) is 26.2 Å². The molecule has 1 aromatic rings. The number of morpholine rings is 1. The highest BCUT2D eigenvalue weighted by atomic mass is 19.1. The minimum Gasteiger partial charge on any atom is -0.374 e. The SMILES string of the molecule is CC(Cc1ccccc1F)N1CCOC(CN)C1. The zero-order valence-corrected chi connectivity index (χ0v) is 10.8. The number of benzene rings is 1. The van der Waals surface area contributed by atoms with Gasteiger partial charge in [0.25, 0.3) is 0 Å². The van der Waals surface area contributed by atoms with Gasteiger partial charge in [-0.15, -0.1) is 0 Å². The Bertz CT molecular complexity index is 386. The molecule has 1 heterocycles. The highest BCUT2D eigenvalue weighted by Gasteiger charge is 2.23. The Morgan fingerprint density at radius 3 is 3.00 bits per heavy atom. The Balaban J connectivity index is 1.95. The summed E-state index contributed by atoms with van der Waals surface area (Å²) in [6, 6.07) is 7.28. The van der Waals surface area contributed by atoms with Gasteiger partial charge in [0.15, 0.2) is 0 Å². The first-order valence-corrected chi connectivity index (χ1v) is 6.50. The lowest BCUT2D eigenvalue weighted by atomic mass is 10.0. The number of nitrogens with zero attached hydrogens (tertiary/aromatic N) is 1. The van der Waals surface area contributed by atoms with E-state index in [2.05, 4.69) is 11.8 Å². The van der Waals surface area contributed by atoms with Crippen molar-refractivity contribution in [3.8, 4) is 0 Å². The van der Waals surface area contributed by atoms with E-state index in [0.717, 1.165) is 25.1 Å². The van der Waals surface area contributed by atoms with Crippen molar-refractivity contribution in [2.45, 2.75) is 25.5 Å². The zero-order valence-electron chi connectivity index (χ0n) is 10.8. The maximum Gasteiger partial charge on any atom is 0.126 e. The van der Waals surface area contributed by atoms with Crippen LogP contribution in [0.15, 0.2) is 24.3 Å². The molecule has 3 nitrogen and oxygen atoms in total. The molecular weight excluding hydrogens is 231 g/mol. The molecule has 0 spiro atoms. The third-order valence-corrected chi connectivity index (χ3v) is 3.53. The molecule has 1 aromatic carbocycles. The molecule has 2 atom stereocenters. The molecule has 0 bridgehead atoms. The highest BCUT2D eigenvalue weighted by molar-refractivity contribution is 5.18. The zero-order chi connectivity index (χ0) is 13.0. The topological polar surface area (TPSA) is 38.5 Å².